The largest absolute Gasteiger partial charge is 0.208 e. The molecule has 0 bridgehead atoms. The lowest BCUT2D eigenvalue weighted by atomic mass is 9.81. The molecule has 0 amide bonds. The van der Waals surface area contributed by atoms with Gasteiger partial charge in [0.05, 0.1) is 0 Å². The predicted octanol–water partition coefficient (Wildman–Crippen LogP) is 15.2. The van der Waals surface area contributed by atoms with Crippen LogP contribution in [0.15, 0.2) is 176 Å². The molecule has 8 aromatic carbocycles. The van der Waals surface area contributed by atoms with Crippen LogP contribution in [0.2, 0.25) is 0 Å². The molecule has 0 saturated heterocycles. The molecule has 2 aliphatic rings. The standard InChI is InChI=1S/C57H41N3S/c1-56(2)47-25-10-8-19-41(47)43-29-27-36(32-49(43)56)40-22-14-24-46-45-23-13-21-39(51(45)61-52(40)46)35-17-12-18-37(31-35)54-58-53(34-15-6-5-7-16-34)59-55(60-54)38-28-30-44-42-20-9-11-26-48(42)57(3,4)50(44)33-38/h5-33H,1-4H3. The minimum absolute atomic E-state index is 0.0556. The quantitative estimate of drug-likeness (QED) is 0.174. The van der Waals surface area contributed by atoms with Crippen LogP contribution in [0.4, 0.5) is 0 Å². The number of fused-ring (bicyclic) bond motifs is 9. The van der Waals surface area contributed by atoms with Crippen LogP contribution in [0.5, 0.6) is 0 Å². The van der Waals surface area contributed by atoms with Gasteiger partial charge in [0.2, 0.25) is 0 Å². The van der Waals surface area contributed by atoms with Gasteiger partial charge in [-0.3, -0.25) is 0 Å². The number of thiophene rings is 1. The summed E-state index contributed by atoms with van der Waals surface area (Å²) in [4.78, 5) is 15.5. The Hall–Kier alpha value is -7.01. The van der Waals surface area contributed by atoms with Gasteiger partial charge in [-0.05, 0) is 85.0 Å². The van der Waals surface area contributed by atoms with Crippen molar-refractivity contribution in [2.24, 2.45) is 0 Å². The summed E-state index contributed by atoms with van der Waals surface area (Å²) in [7, 11) is 0. The fraction of sp³-hybridized carbons (Fsp3) is 0.105. The van der Waals surface area contributed by atoms with Crippen molar-refractivity contribution in [2.75, 3.05) is 0 Å². The summed E-state index contributed by atoms with van der Waals surface area (Å²) in [5.41, 5.74) is 18.3. The summed E-state index contributed by atoms with van der Waals surface area (Å²) in [6.45, 7) is 9.34. The maximum absolute atomic E-state index is 5.23. The number of benzene rings is 8. The number of hydrogen-bond acceptors (Lipinski definition) is 4. The van der Waals surface area contributed by atoms with E-state index in [1.165, 1.54) is 81.4 Å². The van der Waals surface area contributed by atoms with E-state index >= 15 is 0 Å². The van der Waals surface area contributed by atoms with Crippen LogP contribution in [0.1, 0.15) is 49.9 Å². The van der Waals surface area contributed by atoms with Crippen LogP contribution >= 0.6 is 11.3 Å². The van der Waals surface area contributed by atoms with Gasteiger partial charge in [0.1, 0.15) is 0 Å². The molecule has 10 aromatic rings. The molecule has 0 aliphatic heterocycles. The first-order chi connectivity index (χ1) is 29.7. The van der Waals surface area contributed by atoms with Crippen LogP contribution in [0, 0.1) is 0 Å². The Bertz CT molecular complexity index is 3430. The van der Waals surface area contributed by atoms with Crippen molar-refractivity contribution in [3.05, 3.63) is 198 Å². The van der Waals surface area contributed by atoms with Gasteiger partial charge in [-0.1, -0.05) is 185 Å². The molecule has 3 nitrogen and oxygen atoms in total. The average molecular weight is 800 g/mol. The molecule has 290 valence electrons. The van der Waals surface area contributed by atoms with Gasteiger partial charge in [0.15, 0.2) is 17.5 Å². The fourth-order valence-corrected chi connectivity index (χ4v) is 11.5. The number of hydrogen-bond donors (Lipinski definition) is 0. The maximum atomic E-state index is 5.23. The highest BCUT2D eigenvalue weighted by atomic mass is 32.1. The zero-order valence-corrected chi connectivity index (χ0v) is 35.3. The highest BCUT2D eigenvalue weighted by Crippen LogP contribution is 2.52. The summed E-state index contributed by atoms with van der Waals surface area (Å²) in [5.74, 6) is 1.98. The molecule has 0 fully saturated rings. The topological polar surface area (TPSA) is 38.7 Å². The predicted molar refractivity (Wildman–Crippen MR) is 255 cm³/mol. The summed E-state index contributed by atoms with van der Waals surface area (Å²) in [6, 6.07) is 63.9. The van der Waals surface area contributed by atoms with Crippen molar-refractivity contribution in [3.8, 4) is 78.7 Å². The van der Waals surface area contributed by atoms with Crippen LogP contribution in [-0.4, -0.2) is 15.0 Å². The van der Waals surface area contributed by atoms with Crippen molar-refractivity contribution in [3.63, 3.8) is 0 Å². The molecule has 0 saturated carbocycles. The molecule has 12 rings (SSSR count). The Morgan fingerprint density at radius 2 is 0.705 bits per heavy atom. The van der Waals surface area contributed by atoms with Crippen LogP contribution in [-0.2, 0) is 10.8 Å². The molecule has 2 heterocycles. The highest BCUT2D eigenvalue weighted by molar-refractivity contribution is 7.26. The van der Waals surface area contributed by atoms with Crippen molar-refractivity contribution < 1.29 is 0 Å². The number of rotatable bonds is 5. The van der Waals surface area contributed by atoms with E-state index in [1.54, 1.807) is 0 Å². The molecule has 61 heavy (non-hydrogen) atoms. The van der Waals surface area contributed by atoms with Crippen molar-refractivity contribution >= 4 is 31.5 Å². The Kier molecular flexibility index (Phi) is 7.79. The van der Waals surface area contributed by atoms with E-state index < -0.39 is 0 Å². The smallest absolute Gasteiger partial charge is 0.164 e. The molecule has 0 radical (unpaired) electrons. The van der Waals surface area contributed by atoms with E-state index in [0.29, 0.717) is 17.5 Å². The minimum Gasteiger partial charge on any atom is -0.208 e. The maximum Gasteiger partial charge on any atom is 0.164 e. The Labute approximate surface area is 360 Å². The number of aromatic nitrogens is 3. The summed E-state index contributed by atoms with van der Waals surface area (Å²) < 4.78 is 2.59. The van der Waals surface area contributed by atoms with Gasteiger partial charge in [-0.25, -0.2) is 15.0 Å². The van der Waals surface area contributed by atoms with Crippen LogP contribution < -0.4 is 0 Å². The molecule has 4 heteroatoms. The Morgan fingerprint density at radius 1 is 0.311 bits per heavy atom. The highest BCUT2D eigenvalue weighted by Gasteiger charge is 2.36. The van der Waals surface area contributed by atoms with E-state index in [0.717, 1.165) is 22.3 Å². The third-order valence-corrected chi connectivity index (χ3v) is 14.6. The molecule has 0 spiro atoms. The third kappa shape index (κ3) is 5.45. The van der Waals surface area contributed by atoms with Crippen LogP contribution in [0.3, 0.4) is 0 Å². The minimum atomic E-state index is -0.132. The molecule has 0 atom stereocenters. The van der Waals surface area contributed by atoms with Gasteiger partial charge >= 0.3 is 0 Å². The molecule has 0 unspecified atom stereocenters. The van der Waals surface area contributed by atoms with Crippen LogP contribution in [0.25, 0.3) is 98.8 Å². The summed E-state index contributed by atoms with van der Waals surface area (Å²) >= 11 is 1.89. The third-order valence-electron chi connectivity index (χ3n) is 13.4. The van der Waals surface area contributed by atoms with Gasteiger partial charge in [0, 0.05) is 47.7 Å². The summed E-state index contributed by atoms with van der Waals surface area (Å²) in [6.07, 6.45) is 0. The Balaban J connectivity index is 0.968. The second-order valence-electron chi connectivity index (χ2n) is 17.6. The lowest BCUT2D eigenvalue weighted by Crippen LogP contribution is -2.15. The van der Waals surface area contributed by atoms with Gasteiger partial charge in [-0.15, -0.1) is 11.3 Å². The molecule has 2 aromatic heterocycles. The first-order valence-corrected chi connectivity index (χ1v) is 21.9. The number of nitrogens with zero attached hydrogens (tertiary/aromatic N) is 3. The van der Waals surface area contributed by atoms with Gasteiger partial charge in [0.25, 0.3) is 0 Å². The molecule has 0 N–H and O–H groups in total. The lowest BCUT2D eigenvalue weighted by molar-refractivity contribution is 0.660. The zero-order chi connectivity index (χ0) is 41.0. The van der Waals surface area contributed by atoms with E-state index in [9.17, 15) is 0 Å². The first kappa shape index (κ1) is 35.9. The monoisotopic (exact) mass is 799 g/mol. The molecular formula is C57H41N3S. The average Bonchev–Trinajstić information content (AvgIpc) is 3.89. The second-order valence-corrected chi connectivity index (χ2v) is 18.6. The van der Waals surface area contributed by atoms with E-state index in [4.69, 9.17) is 15.0 Å². The lowest BCUT2D eigenvalue weighted by Gasteiger charge is -2.22. The normalized spacial score (nSPS) is 14.2. The van der Waals surface area contributed by atoms with Crippen molar-refractivity contribution in [2.45, 2.75) is 38.5 Å². The van der Waals surface area contributed by atoms with E-state index in [-0.39, 0.29) is 10.8 Å². The first-order valence-electron chi connectivity index (χ1n) is 21.1. The second kappa shape index (κ2) is 13.2. The van der Waals surface area contributed by atoms with Gasteiger partial charge < -0.3 is 0 Å². The van der Waals surface area contributed by atoms with E-state index in [2.05, 4.69) is 185 Å². The zero-order valence-electron chi connectivity index (χ0n) is 34.5. The summed E-state index contributed by atoms with van der Waals surface area (Å²) in [5, 5.41) is 2.56. The van der Waals surface area contributed by atoms with Gasteiger partial charge in [-0.2, -0.15) is 0 Å². The fourth-order valence-electron chi connectivity index (χ4n) is 10.2. The van der Waals surface area contributed by atoms with E-state index in [1.807, 2.05) is 29.5 Å². The van der Waals surface area contributed by atoms with Crippen molar-refractivity contribution in [1.29, 1.82) is 0 Å². The SMILES string of the molecule is CC1(C)c2ccccc2-c2ccc(-c3nc(-c4ccccc4)nc(-c4cccc(-c5cccc6c5sc5c(-c7ccc8c(c7)C(C)(C)c7ccccc7-8)cccc56)c4)n3)cc21. The Morgan fingerprint density at radius 3 is 1.30 bits per heavy atom. The molecular weight excluding hydrogens is 759 g/mol. The molecule has 2 aliphatic carbocycles. The van der Waals surface area contributed by atoms with Crippen molar-refractivity contribution in [1.82, 2.24) is 15.0 Å².